The van der Waals surface area contributed by atoms with Crippen molar-refractivity contribution in [2.24, 2.45) is 0 Å². The zero-order valence-electron chi connectivity index (χ0n) is 21.4. The number of methoxy groups -OCH3 is 2. The number of carbonyl (C=O) groups excluding carboxylic acids is 1. The van der Waals surface area contributed by atoms with Crippen molar-refractivity contribution in [1.82, 2.24) is 10.6 Å². The second-order valence-corrected chi connectivity index (χ2v) is 10.9. The summed E-state index contributed by atoms with van der Waals surface area (Å²) in [5, 5.41) is 27.2. The minimum Gasteiger partial charge on any atom is -0.497 e. The van der Waals surface area contributed by atoms with E-state index in [0.717, 1.165) is 16.9 Å². The fraction of sp³-hybridized carbons (Fsp3) is 0.321. The van der Waals surface area contributed by atoms with E-state index in [4.69, 9.17) is 9.47 Å². The lowest BCUT2D eigenvalue weighted by molar-refractivity contribution is -0.129. The third-order valence-electron chi connectivity index (χ3n) is 5.99. The Morgan fingerprint density at radius 3 is 2.18 bits per heavy atom. The maximum atomic E-state index is 12.9. The Hall–Kier alpha value is -3.44. The number of benzene rings is 3. The lowest BCUT2D eigenvalue weighted by atomic mass is 10.0. The van der Waals surface area contributed by atoms with Crippen molar-refractivity contribution in [2.45, 2.75) is 36.1 Å². The van der Waals surface area contributed by atoms with Crippen molar-refractivity contribution in [1.29, 1.82) is 0 Å². The standard InChI is InChI=1S/C28H34N2O7S/c1-36-22-11-6-10-21(14-22)17-29-18-26(31)25(15-20-8-4-3-5-9-20)30-28(33)27(32)19-38(34,35)24-13-7-12-23(16-24)37-2/h3-14,16,25-27,29,31-32H,15,17-19H2,1-2H3,(H,30,33)/t25-,26+,27?/m0/s1. The quantitative estimate of drug-likeness (QED) is 0.242. The van der Waals surface area contributed by atoms with E-state index in [1.165, 1.54) is 25.3 Å². The Morgan fingerprint density at radius 2 is 1.50 bits per heavy atom. The smallest absolute Gasteiger partial charge is 0.250 e. The molecule has 0 aliphatic carbocycles. The van der Waals surface area contributed by atoms with E-state index in [9.17, 15) is 23.4 Å². The molecular weight excluding hydrogens is 508 g/mol. The van der Waals surface area contributed by atoms with Gasteiger partial charge in [0.2, 0.25) is 5.91 Å². The molecule has 0 saturated heterocycles. The summed E-state index contributed by atoms with van der Waals surface area (Å²) in [6.07, 6.45) is -2.57. The molecule has 204 valence electrons. The van der Waals surface area contributed by atoms with Gasteiger partial charge in [-0.05, 0) is 47.9 Å². The van der Waals surface area contributed by atoms with Crippen LogP contribution in [0, 0.1) is 0 Å². The van der Waals surface area contributed by atoms with Crippen LogP contribution in [-0.2, 0) is 27.6 Å². The van der Waals surface area contributed by atoms with Crippen molar-refractivity contribution in [2.75, 3.05) is 26.5 Å². The highest BCUT2D eigenvalue weighted by Crippen LogP contribution is 2.19. The molecule has 0 radical (unpaired) electrons. The Morgan fingerprint density at radius 1 is 0.868 bits per heavy atom. The molecule has 1 unspecified atom stereocenters. The second-order valence-electron chi connectivity index (χ2n) is 8.83. The number of ether oxygens (including phenoxy) is 2. The highest BCUT2D eigenvalue weighted by atomic mass is 32.2. The third kappa shape index (κ3) is 8.56. The Bertz CT molecular complexity index is 1290. The summed E-state index contributed by atoms with van der Waals surface area (Å²) >= 11 is 0. The van der Waals surface area contributed by atoms with Gasteiger partial charge in [0.25, 0.3) is 0 Å². The normalized spacial score (nSPS) is 13.8. The van der Waals surface area contributed by atoms with Crippen LogP contribution in [-0.4, -0.2) is 69.3 Å². The van der Waals surface area contributed by atoms with Crippen LogP contribution < -0.4 is 20.1 Å². The Kier molecular flexibility index (Phi) is 10.7. The minimum absolute atomic E-state index is 0.0636. The highest BCUT2D eigenvalue weighted by molar-refractivity contribution is 7.91. The molecule has 0 heterocycles. The van der Waals surface area contributed by atoms with Gasteiger partial charge >= 0.3 is 0 Å². The average Bonchev–Trinajstić information content (AvgIpc) is 2.93. The van der Waals surface area contributed by atoms with E-state index < -0.39 is 39.7 Å². The minimum atomic E-state index is -3.98. The van der Waals surface area contributed by atoms with E-state index in [0.29, 0.717) is 12.3 Å². The van der Waals surface area contributed by atoms with Gasteiger partial charge in [0, 0.05) is 13.1 Å². The first-order chi connectivity index (χ1) is 18.2. The second kappa shape index (κ2) is 13.9. The summed E-state index contributed by atoms with van der Waals surface area (Å²) in [6.45, 7) is 0.606. The van der Waals surface area contributed by atoms with E-state index in [1.807, 2.05) is 54.6 Å². The molecule has 0 bridgehead atoms. The van der Waals surface area contributed by atoms with E-state index in [2.05, 4.69) is 10.6 Å². The number of hydrogen-bond acceptors (Lipinski definition) is 8. The summed E-state index contributed by atoms with van der Waals surface area (Å²) in [5.74, 6) is -0.632. The van der Waals surface area contributed by atoms with Crippen LogP contribution in [0.25, 0.3) is 0 Å². The first-order valence-corrected chi connectivity index (χ1v) is 13.8. The van der Waals surface area contributed by atoms with Gasteiger partial charge in [0.15, 0.2) is 9.84 Å². The number of hydrogen-bond donors (Lipinski definition) is 4. The fourth-order valence-electron chi connectivity index (χ4n) is 3.89. The molecule has 0 saturated carbocycles. The maximum Gasteiger partial charge on any atom is 0.250 e. The topological polar surface area (TPSA) is 134 Å². The van der Waals surface area contributed by atoms with Gasteiger partial charge in [-0.3, -0.25) is 4.79 Å². The molecule has 0 fully saturated rings. The first kappa shape index (κ1) is 29.1. The number of carbonyl (C=O) groups is 1. The summed E-state index contributed by atoms with van der Waals surface area (Å²) < 4.78 is 35.9. The molecule has 0 aliphatic rings. The van der Waals surface area contributed by atoms with E-state index in [-0.39, 0.29) is 17.9 Å². The molecule has 38 heavy (non-hydrogen) atoms. The molecule has 3 rings (SSSR count). The van der Waals surface area contributed by atoms with E-state index in [1.54, 1.807) is 13.2 Å². The Balaban J connectivity index is 1.66. The predicted molar refractivity (Wildman–Crippen MR) is 144 cm³/mol. The van der Waals surface area contributed by atoms with Crippen LogP contribution >= 0.6 is 0 Å². The SMILES string of the molecule is COc1cccc(CNC[C@@H](O)[C@H](Cc2ccccc2)NC(=O)C(O)CS(=O)(=O)c2cccc(OC)c2)c1. The number of rotatable bonds is 14. The van der Waals surface area contributed by atoms with Crippen molar-refractivity contribution in [3.63, 3.8) is 0 Å². The summed E-state index contributed by atoms with van der Waals surface area (Å²) in [7, 11) is -0.977. The van der Waals surface area contributed by atoms with Gasteiger partial charge in [-0.1, -0.05) is 48.5 Å². The molecule has 0 spiro atoms. The maximum absolute atomic E-state index is 12.9. The lowest BCUT2D eigenvalue weighted by Crippen LogP contribution is -2.52. The van der Waals surface area contributed by atoms with Crippen molar-refractivity contribution in [3.05, 3.63) is 90.0 Å². The summed E-state index contributed by atoms with van der Waals surface area (Å²) in [6, 6.07) is 21.8. The molecule has 3 aromatic carbocycles. The number of aliphatic hydroxyl groups excluding tert-OH is 2. The molecule has 3 aromatic rings. The molecule has 9 nitrogen and oxygen atoms in total. The molecule has 10 heteroatoms. The number of aliphatic hydroxyl groups is 2. The average molecular weight is 543 g/mol. The number of sulfone groups is 1. The molecule has 0 aromatic heterocycles. The molecule has 3 atom stereocenters. The fourth-order valence-corrected chi connectivity index (χ4v) is 5.23. The monoisotopic (exact) mass is 542 g/mol. The van der Waals surface area contributed by atoms with Gasteiger partial charge in [0.1, 0.15) is 17.6 Å². The highest BCUT2D eigenvalue weighted by Gasteiger charge is 2.29. The van der Waals surface area contributed by atoms with Gasteiger partial charge in [-0.15, -0.1) is 0 Å². The van der Waals surface area contributed by atoms with Crippen molar-refractivity contribution in [3.8, 4) is 11.5 Å². The Labute approximate surface area is 223 Å². The number of amides is 1. The molecule has 0 aliphatic heterocycles. The number of nitrogens with one attached hydrogen (secondary N) is 2. The largest absolute Gasteiger partial charge is 0.497 e. The zero-order chi connectivity index (χ0) is 27.5. The van der Waals surface area contributed by atoms with Crippen LogP contribution in [0.5, 0.6) is 11.5 Å². The van der Waals surface area contributed by atoms with Crippen LogP contribution in [0.15, 0.2) is 83.8 Å². The summed E-state index contributed by atoms with van der Waals surface area (Å²) in [4.78, 5) is 12.8. The molecule has 4 N–H and O–H groups in total. The van der Waals surface area contributed by atoms with Gasteiger partial charge in [0.05, 0.1) is 37.0 Å². The van der Waals surface area contributed by atoms with Gasteiger partial charge < -0.3 is 30.3 Å². The van der Waals surface area contributed by atoms with Crippen LogP contribution in [0.3, 0.4) is 0 Å². The van der Waals surface area contributed by atoms with Gasteiger partial charge in [-0.25, -0.2) is 8.42 Å². The van der Waals surface area contributed by atoms with Gasteiger partial charge in [-0.2, -0.15) is 0 Å². The summed E-state index contributed by atoms with van der Waals surface area (Å²) in [5.41, 5.74) is 1.82. The van der Waals surface area contributed by atoms with Crippen LogP contribution in [0.2, 0.25) is 0 Å². The zero-order valence-corrected chi connectivity index (χ0v) is 22.2. The van der Waals surface area contributed by atoms with E-state index >= 15 is 0 Å². The molecular formula is C28H34N2O7S. The van der Waals surface area contributed by atoms with Crippen molar-refractivity contribution >= 4 is 15.7 Å². The van der Waals surface area contributed by atoms with Crippen LogP contribution in [0.4, 0.5) is 0 Å². The predicted octanol–water partition coefficient (Wildman–Crippen LogP) is 1.72. The van der Waals surface area contributed by atoms with Crippen molar-refractivity contribution < 1.29 is 32.9 Å². The first-order valence-electron chi connectivity index (χ1n) is 12.1. The van der Waals surface area contributed by atoms with Crippen LogP contribution in [0.1, 0.15) is 11.1 Å². The molecule has 1 amide bonds. The third-order valence-corrected chi connectivity index (χ3v) is 7.71. The lowest BCUT2D eigenvalue weighted by Gasteiger charge is -2.26.